The van der Waals surface area contributed by atoms with Crippen LogP contribution in [0.15, 0.2) is 30.7 Å². The maximum absolute atomic E-state index is 9.31. The van der Waals surface area contributed by atoms with Crippen LogP contribution in [0.1, 0.15) is 16.6 Å². The summed E-state index contributed by atoms with van der Waals surface area (Å²) in [5.41, 5.74) is 1.18. The molecule has 0 saturated heterocycles. The summed E-state index contributed by atoms with van der Waals surface area (Å²) < 4.78 is 0.962. The van der Waals surface area contributed by atoms with Crippen molar-refractivity contribution in [1.29, 1.82) is 5.26 Å². The average Bonchev–Trinajstić information content (AvgIpc) is 2.83. The first kappa shape index (κ1) is 11.5. The summed E-state index contributed by atoms with van der Waals surface area (Å²) in [5, 5.41) is 19.2. The molecule has 92 valence electrons. The van der Waals surface area contributed by atoms with Crippen molar-refractivity contribution in [2.24, 2.45) is 0 Å². The second-order valence-electron chi connectivity index (χ2n) is 3.74. The van der Waals surface area contributed by atoms with E-state index in [2.05, 4.69) is 26.0 Å². The van der Waals surface area contributed by atoms with E-state index in [1.54, 1.807) is 18.5 Å². The molecule has 3 aromatic heterocycles. The first-order valence-corrected chi connectivity index (χ1v) is 6.21. The molecule has 0 fully saturated rings. The van der Waals surface area contributed by atoms with Crippen LogP contribution in [0, 0.1) is 11.3 Å². The Bertz CT molecular complexity index is 746. The predicted octanol–water partition coefficient (Wildman–Crippen LogP) is 1.84. The number of aromatic nitrogens is 4. The molecule has 1 unspecified atom stereocenters. The molecule has 0 aromatic carbocycles. The predicted molar refractivity (Wildman–Crippen MR) is 68.6 cm³/mol. The molecule has 0 radical (unpaired) electrons. The van der Waals surface area contributed by atoms with Gasteiger partial charge in [-0.25, -0.2) is 9.97 Å². The fourth-order valence-electron chi connectivity index (χ4n) is 1.69. The topological polar surface area (TPSA) is 95.6 Å². The second kappa shape index (κ2) is 4.59. The fraction of sp³-hybridized carbons (Fsp3) is 0.0833. The molecule has 0 aliphatic heterocycles. The standard InChI is InChI=1S/C12H7N5OS/c13-5-7(8-1-4-15-12(18)17-8)11-16-9-6-14-3-2-10(9)19-11/h1-4,6-7H,(H,15,17,18). The Labute approximate surface area is 112 Å². The monoisotopic (exact) mass is 269 g/mol. The lowest BCUT2D eigenvalue weighted by Gasteiger charge is -2.04. The minimum atomic E-state index is -0.619. The maximum Gasteiger partial charge on any atom is 0.314 e. The van der Waals surface area contributed by atoms with Crippen molar-refractivity contribution < 1.29 is 5.11 Å². The zero-order chi connectivity index (χ0) is 13.2. The molecule has 3 rings (SSSR count). The van der Waals surface area contributed by atoms with Gasteiger partial charge in [-0.3, -0.25) is 4.98 Å². The summed E-state index contributed by atoms with van der Waals surface area (Å²) >= 11 is 1.41. The number of pyridine rings is 1. The third-order valence-electron chi connectivity index (χ3n) is 2.54. The summed E-state index contributed by atoms with van der Waals surface area (Å²) in [6, 6.07) is 5.25. The number of hydrogen-bond donors (Lipinski definition) is 1. The molecule has 1 N–H and O–H groups in total. The third-order valence-corrected chi connectivity index (χ3v) is 3.64. The molecule has 0 amide bonds. The quantitative estimate of drug-likeness (QED) is 0.762. The van der Waals surface area contributed by atoms with Crippen molar-refractivity contribution in [3.63, 3.8) is 0 Å². The van der Waals surface area contributed by atoms with E-state index in [-0.39, 0.29) is 6.01 Å². The van der Waals surface area contributed by atoms with Crippen LogP contribution in [-0.2, 0) is 0 Å². The molecule has 0 bridgehead atoms. The zero-order valence-corrected chi connectivity index (χ0v) is 10.4. The molecule has 0 spiro atoms. The van der Waals surface area contributed by atoms with Crippen LogP contribution in [0.25, 0.3) is 10.2 Å². The van der Waals surface area contributed by atoms with Gasteiger partial charge in [0.1, 0.15) is 10.9 Å². The molecular weight excluding hydrogens is 262 g/mol. The van der Waals surface area contributed by atoms with Crippen LogP contribution in [0.2, 0.25) is 0 Å². The molecule has 0 saturated carbocycles. The van der Waals surface area contributed by atoms with E-state index < -0.39 is 5.92 Å². The summed E-state index contributed by atoms with van der Waals surface area (Å²) in [5.74, 6) is -0.619. The van der Waals surface area contributed by atoms with Crippen LogP contribution in [0.3, 0.4) is 0 Å². The lowest BCUT2D eigenvalue weighted by molar-refractivity contribution is 0.427. The van der Waals surface area contributed by atoms with Crippen LogP contribution in [-0.4, -0.2) is 25.0 Å². The molecule has 19 heavy (non-hydrogen) atoms. The van der Waals surface area contributed by atoms with Crippen LogP contribution in [0.4, 0.5) is 0 Å². The fourth-order valence-corrected chi connectivity index (χ4v) is 2.68. The summed E-state index contributed by atoms with van der Waals surface area (Å²) in [6.07, 6.45) is 4.75. The van der Waals surface area contributed by atoms with Crippen LogP contribution < -0.4 is 0 Å². The Morgan fingerprint density at radius 1 is 1.26 bits per heavy atom. The van der Waals surface area contributed by atoms with E-state index >= 15 is 0 Å². The van der Waals surface area contributed by atoms with Crippen LogP contribution in [0.5, 0.6) is 6.01 Å². The minimum Gasteiger partial charge on any atom is -0.479 e. The van der Waals surface area contributed by atoms with Gasteiger partial charge in [-0.2, -0.15) is 10.2 Å². The van der Waals surface area contributed by atoms with Crippen molar-refractivity contribution in [3.8, 4) is 12.1 Å². The number of nitrogens with zero attached hydrogens (tertiary/aromatic N) is 5. The number of hydrogen-bond acceptors (Lipinski definition) is 7. The highest BCUT2D eigenvalue weighted by molar-refractivity contribution is 7.18. The molecule has 6 nitrogen and oxygen atoms in total. The number of aromatic hydroxyl groups is 1. The number of rotatable bonds is 2. The van der Waals surface area contributed by atoms with E-state index in [9.17, 15) is 10.4 Å². The molecular formula is C12H7N5OS. The molecule has 1 atom stereocenters. The number of nitriles is 1. The Balaban J connectivity index is 2.10. The first-order valence-electron chi connectivity index (χ1n) is 5.40. The highest BCUT2D eigenvalue weighted by Gasteiger charge is 2.20. The van der Waals surface area contributed by atoms with Crippen molar-refractivity contribution in [3.05, 3.63) is 41.4 Å². The van der Waals surface area contributed by atoms with Gasteiger partial charge in [0.15, 0.2) is 0 Å². The van der Waals surface area contributed by atoms with Gasteiger partial charge in [0.05, 0.1) is 28.2 Å². The third kappa shape index (κ3) is 2.09. The largest absolute Gasteiger partial charge is 0.479 e. The lowest BCUT2D eigenvalue weighted by atomic mass is 10.1. The van der Waals surface area contributed by atoms with Crippen molar-refractivity contribution in [2.45, 2.75) is 5.92 Å². The first-order chi connectivity index (χ1) is 9.28. The zero-order valence-electron chi connectivity index (χ0n) is 9.56. The summed E-state index contributed by atoms with van der Waals surface area (Å²) in [7, 11) is 0. The Hall–Kier alpha value is -2.59. The summed E-state index contributed by atoms with van der Waals surface area (Å²) in [4.78, 5) is 15.8. The van der Waals surface area contributed by atoms with Gasteiger partial charge in [0.2, 0.25) is 0 Å². The Morgan fingerprint density at radius 3 is 2.89 bits per heavy atom. The van der Waals surface area contributed by atoms with Crippen LogP contribution >= 0.6 is 11.3 Å². The van der Waals surface area contributed by atoms with E-state index in [0.29, 0.717) is 10.7 Å². The second-order valence-corrected chi connectivity index (χ2v) is 4.80. The van der Waals surface area contributed by atoms with Gasteiger partial charge in [0, 0.05) is 12.4 Å². The highest BCUT2D eigenvalue weighted by atomic mass is 32.1. The molecule has 3 aromatic rings. The van der Waals surface area contributed by atoms with Gasteiger partial charge in [-0.1, -0.05) is 0 Å². The smallest absolute Gasteiger partial charge is 0.314 e. The molecule has 3 heterocycles. The molecule has 0 aliphatic carbocycles. The average molecular weight is 269 g/mol. The number of fused-ring (bicyclic) bond motifs is 1. The van der Waals surface area contributed by atoms with E-state index in [1.807, 2.05) is 6.07 Å². The summed E-state index contributed by atoms with van der Waals surface area (Å²) in [6.45, 7) is 0. The minimum absolute atomic E-state index is 0.347. The van der Waals surface area contributed by atoms with Crippen molar-refractivity contribution in [2.75, 3.05) is 0 Å². The van der Waals surface area contributed by atoms with E-state index in [4.69, 9.17) is 0 Å². The van der Waals surface area contributed by atoms with Crippen molar-refractivity contribution >= 4 is 21.6 Å². The lowest BCUT2D eigenvalue weighted by Crippen LogP contribution is -2.01. The van der Waals surface area contributed by atoms with Gasteiger partial charge in [-0.15, -0.1) is 11.3 Å². The number of thiazole rings is 1. The van der Waals surface area contributed by atoms with Gasteiger partial charge >= 0.3 is 6.01 Å². The maximum atomic E-state index is 9.31. The normalized spacial score (nSPS) is 12.2. The van der Waals surface area contributed by atoms with Gasteiger partial charge < -0.3 is 5.11 Å². The highest BCUT2D eigenvalue weighted by Crippen LogP contribution is 2.30. The Kier molecular flexibility index (Phi) is 2.78. The van der Waals surface area contributed by atoms with Gasteiger partial charge in [-0.05, 0) is 12.1 Å². The Morgan fingerprint density at radius 2 is 2.16 bits per heavy atom. The van der Waals surface area contributed by atoms with E-state index in [1.165, 1.54) is 17.5 Å². The van der Waals surface area contributed by atoms with Crippen molar-refractivity contribution in [1.82, 2.24) is 19.9 Å². The molecule has 0 aliphatic rings. The molecule has 7 heteroatoms. The van der Waals surface area contributed by atoms with E-state index in [0.717, 1.165) is 10.2 Å². The SMILES string of the molecule is N#CC(c1ccnc(O)n1)c1nc2cnccc2s1. The van der Waals surface area contributed by atoms with Gasteiger partial charge in [0.25, 0.3) is 0 Å².